The van der Waals surface area contributed by atoms with Gasteiger partial charge in [0.2, 0.25) is 0 Å². The molecule has 0 saturated heterocycles. The van der Waals surface area contributed by atoms with Gasteiger partial charge in [0.05, 0.1) is 5.92 Å². The lowest BCUT2D eigenvalue weighted by molar-refractivity contribution is -0.125. The van der Waals surface area contributed by atoms with Crippen molar-refractivity contribution in [3.05, 3.63) is 11.6 Å². The number of carbonyl (C=O) groups excluding carboxylic acids is 2. The van der Waals surface area contributed by atoms with Gasteiger partial charge >= 0.3 is 0 Å². The van der Waals surface area contributed by atoms with Crippen molar-refractivity contribution in [2.45, 2.75) is 38.5 Å². The van der Waals surface area contributed by atoms with E-state index in [2.05, 4.69) is 6.08 Å². The SMILES string of the molecule is O=C1CCC(=O)C1C1=CCCCC1. The summed E-state index contributed by atoms with van der Waals surface area (Å²) >= 11 is 0. The lowest BCUT2D eigenvalue weighted by atomic mass is 9.87. The van der Waals surface area contributed by atoms with Crippen molar-refractivity contribution in [2.75, 3.05) is 0 Å². The predicted molar refractivity (Wildman–Crippen MR) is 49.3 cm³/mol. The van der Waals surface area contributed by atoms with Crippen LogP contribution in [-0.4, -0.2) is 11.6 Å². The molecule has 0 radical (unpaired) electrons. The van der Waals surface area contributed by atoms with Crippen molar-refractivity contribution in [1.82, 2.24) is 0 Å². The molecule has 2 rings (SSSR count). The molecule has 2 aliphatic rings. The third-order valence-corrected chi connectivity index (χ3v) is 2.96. The molecule has 0 spiro atoms. The Bertz CT molecular complexity index is 260. The lowest BCUT2D eigenvalue weighted by Crippen LogP contribution is -2.18. The molecular weight excluding hydrogens is 164 g/mol. The van der Waals surface area contributed by atoms with Gasteiger partial charge < -0.3 is 0 Å². The van der Waals surface area contributed by atoms with Crippen LogP contribution in [0.2, 0.25) is 0 Å². The summed E-state index contributed by atoms with van der Waals surface area (Å²) in [5.41, 5.74) is 1.11. The van der Waals surface area contributed by atoms with Crippen molar-refractivity contribution in [1.29, 1.82) is 0 Å². The molecule has 1 fully saturated rings. The molecule has 0 unspecified atom stereocenters. The topological polar surface area (TPSA) is 34.1 Å². The van der Waals surface area contributed by atoms with Gasteiger partial charge in [-0.05, 0) is 25.7 Å². The van der Waals surface area contributed by atoms with Crippen molar-refractivity contribution >= 4 is 11.6 Å². The molecule has 0 aliphatic heterocycles. The molecule has 0 aromatic rings. The number of hydrogen-bond donors (Lipinski definition) is 0. The van der Waals surface area contributed by atoms with E-state index in [-0.39, 0.29) is 17.5 Å². The smallest absolute Gasteiger partial charge is 0.147 e. The summed E-state index contributed by atoms with van der Waals surface area (Å²) in [6.07, 6.45) is 7.41. The number of allylic oxidation sites excluding steroid dienone is 2. The van der Waals surface area contributed by atoms with E-state index in [4.69, 9.17) is 0 Å². The van der Waals surface area contributed by atoms with Gasteiger partial charge in [0, 0.05) is 12.8 Å². The van der Waals surface area contributed by atoms with Crippen LogP contribution in [0.15, 0.2) is 11.6 Å². The van der Waals surface area contributed by atoms with Crippen LogP contribution in [0.3, 0.4) is 0 Å². The van der Waals surface area contributed by atoms with E-state index < -0.39 is 0 Å². The summed E-state index contributed by atoms with van der Waals surface area (Å²) in [5, 5.41) is 0. The van der Waals surface area contributed by atoms with Crippen LogP contribution in [0.1, 0.15) is 38.5 Å². The average molecular weight is 178 g/mol. The molecule has 2 aliphatic carbocycles. The largest absolute Gasteiger partial charge is 0.299 e. The van der Waals surface area contributed by atoms with E-state index >= 15 is 0 Å². The molecule has 0 atom stereocenters. The minimum Gasteiger partial charge on any atom is -0.299 e. The van der Waals surface area contributed by atoms with Crippen LogP contribution in [-0.2, 0) is 9.59 Å². The zero-order valence-corrected chi connectivity index (χ0v) is 7.71. The van der Waals surface area contributed by atoms with Crippen LogP contribution in [0.25, 0.3) is 0 Å². The third-order valence-electron chi connectivity index (χ3n) is 2.96. The normalized spacial score (nSPS) is 25.1. The zero-order valence-electron chi connectivity index (χ0n) is 7.71. The first kappa shape index (κ1) is 8.67. The second kappa shape index (κ2) is 3.44. The Balaban J connectivity index is 2.18. The summed E-state index contributed by atoms with van der Waals surface area (Å²) in [7, 11) is 0. The molecule has 0 bridgehead atoms. The Morgan fingerprint density at radius 1 is 1.00 bits per heavy atom. The standard InChI is InChI=1S/C11H14O2/c12-9-6-7-10(13)11(9)8-4-2-1-3-5-8/h4,11H,1-3,5-7H2. The second-order valence-electron chi connectivity index (χ2n) is 3.89. The summed E-state index contributed by atoms with van der Waals surface area (Å²) < 4.78 is 0. The predicted octanol–water partition coefficient (Wildman–Crippen LogP) is 2.04. The molecule has 0 amide bonds. The molecule has 13 heavy (non-hydrogen) atoms. The van der Waals surface area contributed by atoms with E-state index in [0.717, 1.165) is 24.8 Å². The second-order valence-corrected chi connectivity index (χ2v) is 3.89. The average Bonchev–Trinajstić information content (AvgIpc) is 2.48. The fourth-order valence-electron chi connectivity index (χ4n) is 2.25. The van der Waals surface area contributed by atoms with E-state index in [1.165, 1.54) is 6.42 Å². The van der Waals surface area contributed by atoms with Gasteiger partial charge in [0.15, 0.2) is 0 Å². The molecular formula is C11H14O2. The van der Waals surface area contributed by atoms with Crippen LogP contribution in [0.5, 0.6) is 0 Å². The Labute approximate surface area is 78.0 Å². The highest BCUT2D eigenvalue weighted by molar-refractivity contribution is 6.11. The summed E-state index contributed by atoms with van der Waals surface area (Å²) in [6, 6.07) is 0. The summed E-state index contributed by atoms with van der Waals surface area (Å²) in [6.45, 7) is 0. The maximum atomic E-state index is 11.4. The van der Waals surface area contributed by atoms with Crippen LogP contribution in [0, 0.1) is 5.92 Å². The van der Waals surface area contributed by atoms with Crippen molar-refractivity contribution < 1.29 is 9.59 Å². The number of Topliss-reactive ketones (excluding diaryl/α,β-unsaturated/α-hetero) is 2. The van der Waals surface area contributed by atoms with E-state index in [1.54, 1.807) is 0 Å². The first-order valence-electron chi connectivity index (χ1n) is 5.03. The molecule has 0 N–H and O–H groups in total. The van der Waals surface area contributed by atoms with Gasteiger partial charge in [-0.1, -0.05) is 11.6 Å². The minimum atomic E-state index is -0.333. The van der Waals surface area contributed by atoms with E-state index in [0.29, 0.717) is 12.8 Å². The van der Waals surface area contributed by atoms with Gasteiger partial charge in [0.1, 0.15) is 11.6 Å². The molecule has 0 heterocycles. The number of rotatable bonds is 1. The first-order chi connectivity index (χ1) is 6.29. The van der Waals surface area contributed by atoms with Crippen LogP contribution in [0.4, 0.5) is 0 Å². The van der Waals surface area contributed by atoms with Crippen LogP contribution >= 0.6 is 0 Å². The van der Waals surface area contributed by atoms with Gasteiger partial charge in [-0.15, -0.1) is 0 Å². The summed E-state index contributed by atoms with van der Waals surface area (Å²) in [4.78, 5) is 22.8. The molecule has 2 heteroatoms. The maximum Gasteiger partial charge on any atom is 0.147 e. The molecule has 70 valence electrons. The lowest BCUT2D eigenvalue weighted by Gasteiger charge is -2.16. The highest BCUT2D eigenvalue weighted by Crippen LogP contribution is 2.31. The minimum absolute atomic E-state index is 0.151. The van der Waals surface area contributed by atoms with E-state index in [9.17, 15) is 9.59 Å². The molecule has 0 aromatic carbocycles. The van der Waals surface area contributed by atoms with Crippen molar-refractivity contribution in [3.63, 3.8) is 0 Å². The first-order valence-corrected chi connectivity index (χ1v) is 5.03. The highest BCUT2D eigenvalue weighted by Gasteiger charge is 2.35. The van der Waals surface area contributed by atoms with Gasteiger partial charge in [-0.3, -0.25) is 9.59 Å². The van der Waals surface area contributed by atoms with Gasteiger partial charge in [0.25, 0.3) is 0 Å². The van der Waals surface area contributed by atoms with Crippen molar-refractivity contribution in [2.24, 2.45) is 5.92 Å². The number of carbonyl (C=O) groups is 2. The zero-order chi connectivity index (χ0) is 9.26. The molecule has 0 aromatic heterocycles. The monoisotopic (exact) mass is 178 g/mol. The van der Waals surface area contributed by atoms with E-state index in [1.807, 2.05) is 0 Å². The summed E-state index contributed by atoms with van der Waals surface area (Å²) in [5.74, 6) is -0.0309. The maximum absolute atomic E-state index is 11.4. The third kappa shape index (κ3) is 1.58. The van der Waals surface area contributed by atoms with Gasteiger partial charge in [-0.25, -0.2) is 0 Å². The molecule has 1 saturated carbocycles. The Morgan fingerprint density at radius 2 is 1.69 bits per heavy atom. The van der Waals surface area contributed by atoms with Gasteiger partial charge in [-0.2, -0.15) is 0 Å². The van der Waals surface area contributed by atoms with Crippen molar-refractivity contribution in [3.8, 4) is 0 Å². The number of hydrogen-bond acceptors (Lipinski definition) is 2. The Kier molecular flexibility index (Phi) is 2.30. The molecule has 2 nitrogen and oxygen atoms in total. The quantitative estimate of drug-likeness (QED) is 0.455. The fourth-order valence-corrected chi connectivity index (χ4v) is 2.25. The number of ketones is 2. The Morgan fingerprint density at radius 3 is 2.23 bits per heavy atom. The van der Waals surface area contributed by atoms with Crippen LogP contribution < -0.4 is 0 Å². The Hall–Kier alpha value is -0.920. The fraction of sp³-hybridized carbons (Fsp3) is 0.636. The highest BCUT2D eigenvalue weighted by atomic mass is 16.2.